The van der Waals surface area contributed by atoms with Crippen LogP contribution in [-0.4, -0.2) is 70.7 Å². The lowest BCUT2D eigenvalue weighted by Crippen LogP contribution is -2.62. The van der Waals surface area contributed by atoms with Crippen LogP contribution in [0.1, 0.15) is 64.8 Å². The largest absolute Gasteiger partial charge is 0.455 e. The SMILES string of the molecule is CC(C)[C@@H]1NCC(C)(C)C=Cc2ccc3ccc(nc3c2)[C@@H](C)OC(=O)C2CCCN(N2)C(=O)[C@H](CO)NC1=O. The van der Waals surface area contributed by atoms with Gasteiger partial charge in [0.2, 0.25) is 5.91 Å². The van der Waals surface area contributed by atoms with E-state index in [-0.39, 0.29) is 17.2 Å². The third-order valence-electron chi connectivity index (χ3n) is 7.43. The van der Waals surface area contributed by atoms with Crippen LogP contribution in [0.25, 0.3) is 17.0 Å². The molecule has 3 heterocycles. The normalized spacial score (nSPS) is 26.6. The second-order valence-corrected chi connectivity index (χ2v) is 11.7. The number of rotatable bonds is 2. The average molecular weight is 552 g/mol. The van der Waals surface area contributed by atoms with E-state index in [9.17, 15) is 19.5 Å². The van der Waals surface area contributed by atoms with E-state index in [1.54, 1.807) is 6.92 Å². The maximum atomic E-state index is 13.3. The molecule has 2 aromatic rings. The Morgan fingerprint density at radius 1 is 1.18 bits per heavy atom. The summed E-state index contributed by atoms with van der Waals surface area (Å²) in [4.78, 5) is 44.4. The Kier molecular flexibility index (Phi) is 9.22. The van der Waals surface area contributed by atoms with Crippen molar-refractivity contribution >= 4 is 34.8 Å². The van der Waals surface area contributed by atoms with Crippen molar-refractivity contribution in [3.05, 3.63) is 47.7 Å². The van der Waals surface area contributed by atoms with Crippen molar-refractivity contribution in [3.8, 4) is 0 Å². The molecule has 0 saturated carbocycles. The lowest BCUT2D eigenvalue weighted by molar-refractivity contribution is -0.157. The molecule has 40 heavy (non-hydrogen) atoms. The minimum absolute atomic E-state index is 0.0640. The number of pyridine rings is 1. The summed E-state index contributed by atoms with van der Waals surface area (Å²) >= 11 is 0. The van der Waals surface area contributed by atoms with Crippen molar-refractivity contribution in [1.82, 2.24) is 26.1 Å². The number of benzene rings is 1. The van der Waals surface area contributed by atoms with E-state index in [0.29, 0.717) is 31.6 Å². The molecule has 1 aromatic heterocycles. The predicted octanol–water partition coefficient (Wildman–Crippen LogP) is 2.48. The van der Waals surface area contributed by atoms with Crippen molar-refractivity contribution in [3.63, 3.8) is 0 Å². The van der Waals surface area contributed by atoms with E-state index in [1.165, 1.54) is 5.01 Å². The van der Waals surface area contributed by atoms with Gasteiger partial charge in [0.15, 0.2) is 0 Å². The fourth-order valence-electron chi connectivity index (χ4n) is 4.93. The number of hydrogen-bond donors (Lipinski definition) is 4. The minimum atomic E-state index is -1.15. The summed E-state index contributed by atoms with van der Waals surface area (Å²) in [6, 6.07) is 7.38. The number of cyclic esters (lactones) is 1. The molecule has 4 rings (SSSR count). The Hall–Kier alpha value is -3.34. The van der Waals surface area contributed by atoms with Crippen LogP contribution < -0.4 is 16.1 Å². The van der Waals surface area contributed by atoms with Gasteiger partial charge in [-0.15, -0.1) is 0 Å². The van der Waals surface area contributed by atoms with Gasteiger partial charge in [-0.25, -0.2) is 10.4 Å². The van der Waals surface area contributed by atoms with Crippen LogP contribution in [0.5, 0.6) is 0 Å². The minimum Gasteiger partial charge on any atom is -0.455 e. The quantitative estimate of drug-likeness (QED) is 0.419. The van der Waals surface area contributed by atoms with E-state index in [0.717, 1.165) is 16.5 Å². The third kappa shape index (κ3) is 7.04. The van der Waals surface area contributed by atoms with E-state index in [4.69, 9.17) is 9.72 Å². The molecule has 4 atom stereocenters. The molecule has 216 valence electrons. The van der Waals surface area contributed by atoms with Gasteiger partial charge >= 0.3 is 5.97 Å². The third-order valence-corrected chi connectivity index (χ3v) is 7.43. The Bertz CT molecular complexity index is 1280. The van der Waals surface area contributed by atoms with E-state index in [2.05, 4.69) is 36.0 Å². The number of aromatic nitrogens is 1. The summed E-state index contributed by atoms with van der Waals surface area (Å²) in [5.74, 6) is -1.44. The average Bonchev–Trinajstić information content (AvgIpc) is 2.93. The summed E-state index contributed by atoms with van der Waals surface area (Å²) in [7, 11) is 0. The molecule has 10 heteroatoms. The highest BCUT2D eigenvalue weighted by molar-refractivity contribution is 5.90. The Balaban J connectivity index is 1.68. The van der Waals surface area contributed by atoms with E-state index < -0.39 is 42.7 Å². The molecule has 1 saturated heterocycles. The zero-order chi connectivity index (χ0) is 29.0. The van der Waals surface area contributed by atoms with Gasteiger partial charge in [0.05, 0.1) is 23.9 Å². The van der Waals surface area contributed by atoms with Crippen molar-refractivity contribution in [1.29, 1.82) is 0 Å². The summed E-state index contributed by atoms with van der Waals surface area (Å²) in [5, 5.41) is 18.3. The molecule has 1 fully saturated rings. The molecule has 2 aliphatic rings. The van der Waals surface area contributed by atoms with Gasteiger partial charge in [-0.2, -0.15) is 0 Å². The number of nitrogens with one attached hydrogen (secondary N) is 3. The van der Waals surface area contributed by atoms with Gasteiger partial charge in [0.1, 0.15) is 18.2 Å². The van der Waals surface area contributed by atoms with Crippen molar-refractivity contribution in [2.75, 3.05) is 19.7 Å². The first kappa shape index (κ1) is 29.6. The number of nitrogens with zero attached hydrogens (tertiary/aromatic N) is 2. The zero-order valence-electron chi connectivity index (χ0n) is 23.9. The Morgan fingerprint density at radius 3 is 2.65 bits per heavy atom. The van der Waals surface area contributed by atoms with Gasteiger partial charge in [-0.05, 0) is 48.8 Å². The van der Waals surface area contributed by atoms with Crippen LogP contribution in [0, 0.1) is 11.3 Å². The second-order valence-electron chi connectivity index (χ2n) is 11.7. The molecule has 0 radical (unpaired) electrons. The zero-order valence-corrected chi connectivity index (χ0v) is 23.9. The maximum Gasteiger partial charge on any atom is 0.325 e. The number of esters is 1. The topological polar surface area (TPSA) is 133 Å². The molecule has 2 aliphatic heterocycles. The fraction of sp³-hybridized carbons (Fsp3) is 0.533. The van der Waals surface area contributed by atoms with Gasteiger partial charge in [0.25, 0.3) is 5.91 Å². The Morgan fingerprint density at radius 2 is 1.93 bits per heavy atom. The molecule has 4 N–H and O–H groups in total. The predicted molar refractivity (Wildman–Crippen MR) is 153 cm³/mol. The summed E-state index contributed by atoms with van der Waals surface area (Å²) in [6.07, 6.45) is 4.58. The number of amides is 2. The smallest absolute Gasteiger partial charge is 0.325 e. The molecular formula is C30H41N5O5. The summed E-state index contributed by atoms with van der Waals surface area (Å²) in [6.45, 7) is 10.1. The van der Waals surface area contributed by atoms with Crippen LogP contribution in [0.4, 0.5) is 0 Å². The van der Waals surface area contributed by atoms with E-state index >= 15 is 0 Å². The van der Waals surface area contributed by atoms with Crippen molar-refractivity contribution in [2.24, 2.45) is 11.3 Å². The standard InChI is InChI=1S/C30H41N5O5/c1-18(2)26-27(37)33-25(16-36)28(38)35-14-6-7-23(34-35)29(39)40-19(3)22-11-10-21-9-8-20(15-24(21)32-22)12-13-30(4,5)17-31-26/h8-13,15,18-19,23,25-26,31,34,36H,6-7,14,16-17H2,1-5H3,(H,33,37)/t19-,23?,25+,26+/m1/s1. The Labute approximate surface area is 235 Å². The highest BCUT2D eigenvalue weighted by Crippen LogP contribution is 2.24. The highest BCUT2D eigenvalue weighted by Gasteiger charge is 2.35. The van der Waals surface area contributed by atoms with Gasteiger partial charge in [0, 0.05) is 18.5 Å². The number of aliphatic hydroxyl groups is 1. The maximum absolute atomic E-state index is 13.3. The molecule has 5 bridgehead atoms. The first-order valence-electron chi connectivity index (χ1n) is 14.0. The van der Waals surface area contributed by atoms with Gasteiger partial charge in [-0.3, -0.25) is 19.4 Å². The number of carbonyl (C=O) groups is 3. The number of aliphatic hydroxyl groups excluding tert-OH is 1. The molecule has 1 unspecified atom stereocenters. The van der Waals surface area contributed by atoms with Crippen molar-refractivity contribution in [2.45, 2.75) is 71.7 Å². The second kappa shape index (κ2) is 12.4. The number of hydrogen-bond acceptors (Lipinski definition) is 8. The lowest BCUT2D eigenvalue weighted by atomic mass is 9.90. The van der Waals surface area contributed by atoms with Gasteiger partial charge < -0.3 is 20.5 Å². The number of hydrazine groups is 1. The monoisotopic (exact) mass is 551 g/mol. The van der Waals surface area contributed by atoms with Crippen LogP contribution in [0.2, 0.25) is 0 Å². The highest BCUT2D eigenvalue weighted by atomic mass is 16.5. The van der Waals surface area contributed by atoms with Crippen LogP contribution in [-0.2, 0) is 19.1 Å². The number of fused-ring (bicyclic) bond motifs is 4. The number of ether oxygens (including phenoxy) is 1. The number of carbonyl (C=O) groups excluding carboxylic acids is 3. The van der Waals surface area contributed by atoms with Crippen LogP contribution in [0.3, 0.4) is 0 Å². The lowest BCUT2D eigenvalue weighted by Gasteiger charge is -2.35. The molecule has 10 nitrogen and oxygen atoms in total. The fourth-order valence-corrected chi connectivity index (χ4v) is 4.93. The van der Waals surface area contributed by atoms with Gasteiger partial charge in [-0.1, -0.05) is 58.0 Å². The summed E-state index contributed by atoms with van der Waals surface area (Å²) < 4.78 is 5.75. The van der Waals surface area contributed by atoms with Crippen LogP contribution in [0.15, 0.2) is 36.4 Å². The van der Waals surface area contributed by atoms with Crippen LogP contribution >= 0.6 is 0 Å². The molecule has 1 aromatic carbocycles. The first-order valence-corrected chi connectivity index (χ1v) is 14.0. The molecule has 2 amide bonds. The summed E-state index contributed by atoms with van der Waals surface area (Å²) in [5.41, 5.74) is 5.05. The first-order chi connectivity index (χ1) is 19.0. The molecular weight excluding hydrogens is 510 g/mol. The van der Waals surface area contributed by atoms with Crippen molar-refractivity contribution < 1.29 is 24.2 Å². The molecule has 0 aliphatic carbocycles. The molecule has 0 spiro atoms. The van der Waals surface area contributed by atoms with E-state index in [1.807, 2.05) is 50.3 Å².